The molecule has 1 aromatic rings. The molecule has 0 aliphatic carbocycles. The lowest BCUT2D eigenvalue weighted by Crippen LogP contribution is -1.99. The summed E-state index contributed by atoms with van der Waals surface area (Å²) in [6.07, 6.45) is 3.91. The number of hydrogen-bond acceptors (Lipinski definition) is 2. The Labute approximate surface area is 83.9 Å². The number of hydrogen-bond donors (Lipinski definition) is 0. The van der Waals surface area contributed by atoms with E-state index in [-0.39, 0.29) is 0 Å². The summed E-state index contributed by atoms with van der Waals surface area (Å²) in [5, 5.41) is 0.594. The second-order valence-corrected chi connectivity index (χ2v) is 3.41. The summed E-state index contributed by atoms with van der Waals surface area (Å²) >= 11 is 5.92. The van der Waals surface area contributed by atoms with Crippen molar-refractivity contribution in [2.75, 3.05) is 6.61 Å². The van der Waals surface area contributed by atoms with E-state index in [2.05, 4.69) is 11.9 Å². The van der Waals surface area contributed by atoms with Gasteiger partial charge in [-0.2, -0.15) is 0 Å². The van der Waals surface area contributed by atoms with Gasteiger partial charge in [0.1, 0.15) is 5.02 Å². The highest BCUT2D eigenvalue weighted by Gasteiger charge is 2.01. The topological polar surface area (TPSA) is 22.1 Å². The number of aryl methyl sites for hydroxylation is 1. The summed E-state index contributed by atoms with van der Waals surface area (Å²) in [4.78, 5) is 4.10. The van der Waals surface area contributed by atoms with E-state index < -0.39 is 0 Å². The van der Waals surface area contributed by atoms with Gasteiger partial charge < -0.3 is 4.74 Å². The number of ether oxygens (including phenoxy) is 1. The fourth-order valence-electron chi connectivity index (χ4n) is 0.940. The number of halogens is 1. The van der Waals surface area contributed by atoms with E-state index in [4.69, 9.17) is 16.3 Å². The van der Waals surface area contributed by atoms with E-state index in [0.29, 0.717) is 17.5 Å². The van der Waals surface area contributed by atoms with Crippen LogP contribution in [0.25, 0.3) is 0 Å². The molecule has 13 heavy (non-hydrogen) atoms. The molecule has 1 rings (SSSR count). The first-order chi connectivity index (χ1) is 6.24. The standard InChI is InChI=1S/C10H14ClNO/c1-3-4-5-13-10-9(11)6-8(2)7-12-10/h6-7H,3-5H2,1-2H3. The van der Waals surface area contributed by atoms with Crippen molar-refractivity contribution in [3.8, 4) is 5.88 Å². The molecule has 0 aliphatic heterocycles. The Morgan fingerprint density at radius 2 is 2.31 bits per heavy atom. The second-order valence-electron chi connectivity index (χ2n) is 3.00. The highest BCUT2D eigenvalue weighted by Crippen LogP contribution is 2.21. The van der Waals surface area contributed by atoms with Gasteiger partial charge in [-0.3, -0.25) is 0 Å². The molecule has 0 radical (unpaired) electrons. The Bertz CT molecular complexity index is 276. The largest absolute Gasteiger partial charge is 0.477 e. The summed E-state index contributed by atoms with van der Waals surface area (Å²) < 4.78 is 5.39. The van der Waals surface area contributed by atoms with Gasteiger partial charge >= 0.3 is 0 Å². The fraction of sp³-hybridized carbons (Fsp3) is 0.500. The molecular formula is C10H14ClNO. The minimum atomic E-state index is 0.542. The third kappa shape index (κ3) is 3.23. The Balaban J connectivity index is 2.56. The van der Waals surface area contributed by atoms with Gasteiger partial charge in [0.15, 0.2) is 0 Å². The molecule has 0 bridgehead atoms. The lowest BCUT2D eigenvalue weighted by atomic mass is 10.3. The molecule has 0 spiro atoms. The maximum atomic E-state index is 5.92. The SMILES string of the molecule is CCCCOc1ncc(C)cc1Cl. The first-order valence-corrected chi connectivity index (χ1v) is 4.86. The van der Waals surface area contributed by atoms with Crippen LogP contribution in [-0.2, 0) is 0 Å². The van der Waals surface area contributed by atoms with Crippen molar-refractivity contribution in [3.63, 3.8) is 0 Å². The number of nitrogens with zero attached hydrogens (tertiary/aromatic N) is 1. The van der Waals surface area contributed by atoms with Gasteiger partial charge in [-0.25, -0.2) is 4.98 Å². The number of aromatic nitrogens is 1. The molecule has 0 N–H and O–H groups in total. The first-order valence-electron chi connectivity index (χ1n) is 4.49. The Morgan fingerprint density at radius 1 is 1.54 bits per heavy atom. The highest BCUT2D eigenvalue weighted by molar-refractivity contribution is 6.31. The van der Waals surface area contributed by atoms with Crippen LogP contribution in [-0.4, -0.2) is 11.6 Å². The maximum absolute atomic E-state index is 5.92. The monoisotopic (exact) mass is 199 g/mol. The summed E-state index contributed by atoms with van der Waals surface area (Å²) in [5.74, 6) is 0.542. The molecule has 0 atom stereocenters. The van der Waals surface area contributed by atoms with Crippen molar-refractivity contribution in [1.82, 2.24) is 4.98 Å². The summed E-state index contributed by atoms with van der Waals surface area (Å²) in [5.41, 5.74) is 1.05. The molecule has 3 heteroatoms. The predicted molar refractivity (Wildman–Crippen MR) is 54.4 cm³/mol. The second kappa shape index (κ2) is 5.07. The zero-order chi connectivity index (χ0) is 9.68. The molecule has 0 aliphatic rings. The molecule has 1 aromatic heterocycles. The summed E-state index contributed by atoms with van der Waals surface area (Å²) in [6.45, 7) is 4.76. The first kappa shape index (κ1) is 10.3. The summed E-state index contributed by atoms with van der Waals surface area (Å²) in [7, 11) is 0. The van der Waals surface area contributed by atoms with Crippen LogP contribution in [0.5, 0.6) is 5.88 Å². The average molecular weight is 200 g/mol. The van der Waals surface area contributed by atoms with Crippen molar-refractivity contribution >= 4 is 11.6 Å². The van der Waals surface area contributed by atoms with Crippen LogP contribution in [0.4, 0.5) is 0 Å². The van der Waals surface area contributed by atoms with Gasteiger partial charge in [0.2, 0.25) is 5.88 Å². The van der Waals surface area contributed by atoms with Gasteiger partial charge in [0.05, 0.1) is 6.61 Å². The molecule has 2 nitrogen and oxygen atoms in total. The molecule has 0 fully saturated rings. The van der Waals surface area contributed by atoms with Crippen LogP contribution in [0.1, 0.15) is 25.3 Å². The Morgan fingerprint density at radius 3 is 2.92 bits per heavy atom. The van der Waals surface area contributed by atoms with E-state index in [9.17, 15) is 0 Å². The molecule has 72 valence electrons. The minimum absolute atomic E-state index is 0.542. The van der Waals surface area contributed by atoms with Gasteiger partial charge in [-0.05, 0) is 25.0 Å². The van der Waals surface area contributed by atoms with Crippen molar-refractivity contribution in [1.29, 1.82) is 0 Å². The Hall–Kier alpha value is -0.760. The van der Waals surface area contributed by atoms with Crippen LogP contribution in [0, 0.1) is 6.92 Å². The predicted octanol–water partition coefficient (Wildman–Crippen LogP) is 3.22. The molecule has 1 heterocycles. The van der Waals surface area contributed by atoms with Crippen molar-refractivity contribution in [2.24, 2.45) is 0 Å². The van der Waals surface area contributed by atoms with Gasteiger partial charge in [-0.1, -0.05) is 24.9 Å². The van der Waals surface area contributed by atoms with Crippen LogP contribution in [0.15, 0.2) is 12.3 Å². The normalized spacial score (nSPS) is 10.1. The van der Waals surface area contributed by atoms with Gasteiger partial charge in [0.25, 0.3) is 0 Å². The van der Waals surface area contributed by atoms with Crippen LogP contribution >= 0.6 is 11.6 Å². The zero-order valence-electron chi connectivity index (χ0n) is 8.01. The smallest absolute Gasteiger partial charge is 0.232 e. The van der Waals surface area contributed by atoms with E-state index >= 15 is 0 Å². The van der Waals surface area contributed by atoms with Crippen molar-refractivity contribution in [2.45, 2.75) is 26.7 Å². The van der Waals surface area contributed by atoms with E-state index in [1.807, 2.05) is 13.0 Å². The van der Waals surface area contributed by atoms with Crippen molar-refractivity contribution < 1.29 is 4.74 Å². The van der Waals surface area contributed by atoms with Crippen molar-refractivity contribution in [3.05, 3.63) is 22.8 Å². The zero-order valence-corrected chi connectivity index (χ0v) is 8.77. The lowest BCUT2D eigenvalue weighted by molar-refractivity contribution is 0.298. The molecule has 0 amide bonds. The minimum Gasteiger partial charge on any atom is -0.477 e. The lowest BCUT2D eigenvalue weighted by Gasteiger charge is -2.05. The highest BCUT2D eigenvalue weighted by atomic mass is 35.5. The van der Waals surface area contributed by atoms with E-state index in [1.165, 1.54) is 0 Å². The van der Waals surface area contributed by atoms with E-state index in [1.54, 1.807) is 6.20 Å². The number of rotatable bonds is 4. The number of pyridine rings is 1. The summed E-state index contributed by atoms with van der Waals surface area (Å²) in [6, 6.07) is 1.86. The van der Waals surface area contributed by atoms with Crippen LogP contribution in [0.3, 0.4) is 0 Å². The van der Waals surface area contributed by atoms with Crippen LogP contribution < -0.4 is 4.74 Å². The fourth-order valence-corrected chi connectivity index (χ4v) is 1.22. The van der Waals surface area contributed by atoms with E-state index in [0.717, 1.165) is 18.4 Å². The van der Waals surface area contributed by atoms with Crippen LogP contribution in [0.2, 0.25) is 5.02 Å². The Kier molecular flexibility index (Phi) is 4.03. The maximum Gasteiger partial charge on any atom is 0.232 e. The number of unbranched alkanes of at least 4 members (excludes halogenated alkanes) is 1. The van der Waals surface area contributed by atoms with Gasteiger partial charge in [0, 0.05) is 6.20 Å². The molecule has 0 saturated carbocycles. The third-order valence-corrected chi connectivity index (χ3v) is 1.95. The van der Waals surface area contributed by atoms with Gasteiger partial charge in [-0.15, -0.1) is 0 Å². The molecule has 0 saturated heterocycles. The molecule has 0 aromatic carbocycles. The quantitative estimate of drug-likeness (QED) is 0.695. The molecule has 0 unspecified atom stereocenters. The third-order valence-electron chi connectivity index (χ3n) is 1.68. The molecular weight excluding hydrogens is 186 g/mol. The average Bonchev–Trinajstić information content (AvgIpc) is 2.09.